The summed E-state index contributed by atoms with van der Waals surface area (Å²) in [6.45, 7) is 4.79. The first kappa shape index (κ1) is 25.5. The molecule has 0 amide bonds. The van der Waals surface area contributed by atoms with E-state index in [-0.39, 0.29) is 5.56 Å². The van der Waals surface area contributed by atoms with E-state index in [2.05, 4.69) is 23.1 Å². The van der Waals surface area contributed by atoms with E-state index < -0.39 is 0 Å². The third kappa shape index (κ3) is 4.87. The van der Waals surface area contributed by atoms with Crippen molar-refractivity contribution >= 4 is 22.4 Å². The number of ether oxygens (including phenoxy) is 2. The van der Waals surface area contributed by atoms with Crippen molar-refractivity contribution in [3.8, 4) is 39.8 Å². The minimum atomic E-state index is -0.217. The van der Waals surface area contributed by atoms with E-state index in [1.54, 1.807) is 7.11 Å². The van der Waals surface area contributed by atoms with Crippen molar-refractivity contribution in [3.63, 3.8) is 0 Å². The van der Waals surface area contributed by atoms with E-state index in [0.717, 1.165) is 51.6 Å². The summed E-state index contributed by atoms with van der Waals surface area (Å²) < 4.78 is 14.8. The maximum atomic E-state index is 13.4. The summed E-state index contributed by atoms with van der Waals surface area (Å²) in [5.74, 6) is 2.10. The Bertz CT molecular complexity index is 1910. The topological polar surface area (TPSA) is 83.5 Å². The Hall–Kier alpha value is -4.76. The Morgan fingerprint density at radius 2 is 1.75 bits per heavy atom. The van der Waals surface area contributed by atoms with Crippen LogP contribution in [0.3, 0.4) is 0 Å². The predicted molar refractivity (Wildman–Crippen MR) is 157 cm³/mol. The smallest absolute Gasteiger partial charge is 0.291 e. The highest BCUT2D eigenvalue weighted by Crippen LogP contribution is 2.29. The molecule has 0 atom stereocenters. The van der Waals surface area contributed by atoms with Gasteiger partial charge in [0.1, 0.15) is 17.2 Å². The van der Waals surface area contributed by atoms with E-state index in [9.17, 15) is 4.79 Å². The number of nitrogens with zero attached hydrogens (tertiary/aromatic N) is 5. The van der Waals surface area contributed by atoms with E-state index in [0.29, 0.717) is 21.9 Å². The average Bonchev–Trinajstić information content (AvgIpc) is 3.68. The molecule has 3 aromatic carbocycles. The number of benzene rings is 3. The summed E-state index contributed by atoms with van der Waals surface area (Å²) in [4.78, 5) is 18.5. The van der Waals surface area contributed by atoms with Crippen LogP contribution >= 0.6 is 11.3 Å². The lowest BCUT2D eigenvalue weighted by molar-refractivity contribution is 0.315. The molecule has 0 spiro atoms. The van der Waals surface area contributed by atoms with Gasteiger partial charge in [-0.2, -0.15) is 14.6 Å². The average molecular weight is 550 g/mol. The highest BCUT2D eigenvalue weighted by molar-refractivity contribution is 7.15. The summed E-state index contributed by atoms with van der Waals surface area (Å²) in [6.07, 6.45) is 4.76. The highest BCUT2D eigenvalue weighted by atomic mass is 32.1. The van der Waals surface area contributed by atoms with Crippen LogP contribution in [-0.2, 0) is 0 Å². The van der Waals surface area contributed by atoms with Gasteiger partial charge in [0, 0.05) is 22.9 Å². The Balaban J connectivity index is 1.43. The summed E-state index contributed by atoms with van der Waals surface area (Å²) in [5.41, 5.74) is 5.09. The molecule has 0 aliphatic rings. The highest BCUT2D eigenvalue weighted by Gasteiger charge is 2.16. The number of aryl methyl sites for hydroxylation is 1. The molecule has 3 aromatic heterocycles. The van der Waals surface area contributed by atoms with Gasteiger partial charge in [0.15, 0.2) is 5.82 Å². The van der Waals surface area contributed by atoms with E-state index in [1.165, 1.54) is 15.9 Å². The maximum Gasteiger partial charge on any atom is 0.291 e. The second-order valence-electron chi connectivity index (χ2n) is 9.32. The number of para-hydroxylation sites is 1. The minimum Gasteiger partial charge on any atom is -0.497 e. The number of hydrogen-bond acceptors (Lipinski definition) is 7. The molecule has 0 unspecified atom stereocenters. The fourth-order valence-electron chi connectivity index (χ4n) is 4.44. The maximum absolute atomic E-state index is 13.4. The van der Waals surface area contributed by atoms with Gasteiger partial charge in [-0.1, -0.05) is 36.5 Å². The minimum absolute atomic E-state index is 0.217. The number of hydrogen-bond donors (Lipinski definition) is 0. The van der Waals surface area contributed by atoms with E-state index in [1.807, 2.05) is 90.6 Å². The fraction of sp³-hybridized carbons (Fsp3) is 0.161. The van der Waals surface area contributed by atoms with Crippen LogP contribution in [0, 0.1) is 6.92 Å². The lowest BCUT2D eigenvalue weighted by Gasteiger charge is -2.09. The lowest BCUT2D eigenvalue weighted by atomic mass is 10.0. The molecule has 0 aliphatic heterocycles. The number of fused-ring (bicyclic) bond motifs is 1. The number of methoxy groups -OCH3 is 1. The SMILES string of the molecule is CCCOc1ccc(-c2nn(-c3ccccc3)cc2/C=c2\sc3nc(-c4ccc(OC)cc4)nn3c2=O)cc1C. The standard InChI is InChI=1S/C31H27N5O3S/c1-4-16-39-26-15-12-22(17-20(26)2)28-23(19-35(33-28)24-8-6-5-7-9-24)18-27-30(37)36-31(40-27)32-29(34-36)21-10-13-25(38-3)14-11-21/h5-15,17-19H,4,16H2,1-3H3/b27-18-. The van der Waals surface area contributed by atoms with Crippen LogP contribution in [0.5, 0.6) is 11.5 Å². The molecule has 0 radical (unpaired) electrons. The quantitative estimate of drug-likeness (QED) is 0.255. The first-order chi connectivity index (χ1) is 19.5. The Kier molecular flexibility index (Phi) is 6.88. The third-order valence-electron chi connectivity index (χ3n) is 6.49. The first-order valence-electron chi connectivity index (χ1n) is 13.0. The second kappa shape index (κ2) is 10.8. The molecule has 0 aliphatic carbocycles. The van der Waals surface area contributed by atoms with Gasteiger partial charge in [-0.25, -0.2) is 4.68 Å². The van der Waals surface area contributed by atoms with Crippen molar-refractivity contribution in [2.24, 2.45) is 0 Å². The molecular formula is C31H27N5O3S. The monoisotopic (exact) mass is 549 g/mol. The summed E-state index contributed by atoms with van der Waals surface area (Å²) in [6, 6.07) is 23.4. The van der Waals surface area contributed by atoms with Gasteiger partial charge in [0.05, 0.1) is 23.9 Å². The lowest BCUT2D eigenvalue weighted by Crippen LogP contribution is -2.23. The Morgan fingerprint density at radius 1 is 0.975 bits per heavy atom. The molecule has 200 valence electrons. The zero-order valence-corrected chi connectivity index (χ0v) is 23.2. The summed E-state index contributed by atoms with van der Waals surface area (Å²) in [7, 11) is 1.62. The number of thiazole rings is 1. The second-order valence-corrected chi connectivity index (χ2v) is 10.3. The Labute approximate surface area is 234 Å². The van der Waals surface area contributed by atoms with Crippen molar-refractivity contribution in [2.75, 3.05) is 13.7 Å². The number of rotatable bonds is 8. The molecule has 0 saturated heterocycles. The van der Waals surface area contributed by atoms with Crippen molar-refractivity contribution in [3.05, 3.63) is 105 Å². The van der Waals surface area contributed by atoms with Crippen LogP contribution in [0.1, 0.15) is 24.5 Å². The van der Waals surface area contributed by atoms with Crippen molar-refractivity contribution in [2.45, 2.75) is 20.3 Å². The van der Waals surface area contributed by atoms with Crippen molar-refractivity contribution < 1.29 is 9.47 Å². The van der Waals surface area contributed by atoms with Crippen LogP contribution in [0.4, 0.5) is 0 Å². The molecule has 0 N–H and O–H groups in total. The predicted octanol–water partition coefficient (Wildman–Crippen LogP) is 5.32. The Morgan fingerprint density at radius 3 is 2.45 bits per heavy atom. The zero-order valence-electron chi connectivity index (χ0n) is 22.4. The van der Waals surface area contributed by atoms with E-state index >= 15 is 0 Å². The molecule has 6 aromatic rings. The van der Waals surface area contributed by atoms with Crippen LogP contribution < -0.4 is 19.6 Å². The van der Waals surface area contributed by atoms with E-state index in [4.69, 9.17) is 14.6 Å². The third-order valence-corrected chi connectivity index (χ3v) is 7.45. The van der Waals surface area contributed by atoms with Gasteiger partial charge < -0.3 is 9.47 Å². The van der Waals surface area contributed by atoms with Crippen LogP contribution in [0.15, 0.2) is 83.8 Å². The van der Waals surface area contributed by atoms with Gasteiger partial charge in [-0.3, -0.25) is 4.79 Å². The normalized spacial score (nSPS) is 11.8. The fourth-order valence-corrected chi connectivity index (χ4v) is 5.34. The van der Waals surface area contributed by atoms with Gasteiger partial charge in [-0.05, 0) is 79.6 Å². The van der Waals surface area contributed by atoms with Crippen LogP contribution in [-0.4, -0.2) is 38.1 Å². The molecule has 8 nitrogen and oxygen atoms in total. The van der Waals surface area contributed by atoms with Crippen molar-refractivity contribution in [1.29, 1.82) is 0 Å². The van der Waals surface area contributed by atoms with Gasteiger partial charge in [0.25, 0.3) is 5.56 Å². The van der Waals surface area contributed by atoms with Gasteiger partial charge >= 0.3 is 0 Å². The largest absolute Gasteiger partial charge is 0.497 e. The van der Waals surface area contributed by atoms with Crippen LogP contribution in [0.2, 0.25) is 0 Å². The van der Waals surface area contributed by atoms with Crippen LogP contribution in [0.25, 0.3) is 39.4 Å². The first-order valence-corrected chi connectivity index (χ1v) is 13.8. The van der Waals surface area contributed by atoms with Gasteiger partial charge in [-0.15, -0.1) is 5.10 Å². The number of aromatic nitrogens is 5. The molecule has 0 fully saturated rings. The van der Waals surface area contributed by atoms with Crippen molar-refractivity contribution in [1.82, 2.24) is 24.4 Å². The molecule has 6 rings (SSSR count). The summed E-state index contributed by atoms with van der Waals surface area (Å²) in [5, 5.41) is 9.41. The molecule has 40 heavy (non-hydrogen) atoms. The summed E-state index contributed by atoms with van der Waals surface area (Å²) >= 11 is 1.31. The zero-order chi connectivity index (χ0) is 27.6. The molecular weight excluding hydrogens is 522 g/mol. The molecule has 0 bridgehead atoms. The molecule has 0 saturated carbocycles. The molecule has 3 heterocycles. The molecule has 9 heteroatoms. The van der Waals surface area contributed by atoms with Gasteiger partial charge in [0.2, 0.25) is 4.96 Å².